The Hall–Kier alpha value is -1.02. The van der Waals surface area contributed by atoms with Gasteiger partial charge in [-0.3, -0.25) is 0 Å². The standard InChI is InChI=1S/C15H22O2/c1-5-15(4)13(16)9-14(15)17-12-7-6-10(2)8-11(12)3/h6-8,13-14,16H,5,9H2,1-4H3. The molecular weight excluding hydrogens is 212 g/mol. The molecule has 1 fully saturated rings. The summed E-state index contributed by atoms with van der Waals surface area (Å²) in [7, 11) is 0. The SMILES string of the molecule is CCC1(C)C(O)CC1Oc1ccc(C)cc1C. The first-order chi connectivity index (χ1) is 7.97. The van der Waals surface area contributed by atoms with E-state index in [1.807, 2.05) is 6.07 Å². The Bertz CT molecular complexity index is 413. The summed E-state index contributed by atoms with van der Waals surface area (Å²) < 4.78 is 6.05. The van der Waals surface area contributed by atoms with E-state index in [0.29, 0.717) is 0 Å². The van der Waals surface area contributed by atoms with Crippen LogP contribution in [-0.4, -0.2) is 17.3 Å². The highest BCUT2D eigenvalue weighted by Gasteiger charge is 2.51. The van der Waals surface area contributed by atoms with Gasteiger partial charge in [0.2, 0.25) is 0 Å². The molecule has 1 aliphatic rings. The molecule has 1 aromatic carbocycles. The fraction of sp³-hybridized carbons (Fsp3) is 0.600. The zero-order valence-electron chi connectivity index (χ0n) is 11.2. The fourth-order valence-corrected chi connectivity index (χ4v) is 2.53. The van der Waals surface area contributed by atoms with Gasteiger partial charge in [-0.1, -0.05) is 31.5 Å². The van der Waals surface area contributed by atoms with E-state index in [1.165, 1.54) is 11.1 Å². The number of hydrogen-bond donors (Lipinski definition) is 1. The number of ether oxygens (including phenoxy) is 1. The second kappa shape index (κ2) is 4.34. The molecular formula is C15H22O2. The number of rotatable bonds is 3. The van der Waals surface area contributed by atoms with Gasteiger partial charge in [-0.15, -0.1) is 0 Å². The van der Waals surface area contributed by atoms with Crippen molar-refractivity contribution in [1.29, 1.82) is 0 Å². The maximum Gasteiger partial charge on any atom is 0.122 e. The predicted molar refractivity (Wildman–Crippen MR) is 69.4 cm³/mol. The van der Waals surface area contributed by atoms with Gasteiger partial charge in [0.15, 0.2) is 0 Å². The zero-order valence-corrected chi connectivity index (χ0v) is 11.2. The summed E-state index contributed by atoms with van der Waals surface area (Å²) in [5.41, 5.74) is 2.34. The van der Waals surface area contributed by atoms with Crippen LogP contribution in [0.5, 0.6) is 5.75 Å². The fourth-order valence-electron chi connectivity index (χ4n) is 2.53. The number of benzene rings is 1. The highest BCUT2D eigenvalue weighted by atomic mass is 16.5. The van der Waals surface area contributed by atoms with E-state index in [1.54, 1.807) is 0 Å². The molecule has 17 heavy (non-hydrogen) atoms. The molecule has 0 radical (unpaired) electrons. The molecule has 2 heteroatoms. The second-order valence-corrected chi connectivity index (χ2v) is 5.49. The largest absolute Gasteiger partial charge is 0.489 e. The average Bonchev–Trinajstić information content (AvgIpc) is 2.30. The van der Waals surface area contributed by atoms with Crippen molar-refractivity contribution < 1.29 is 9.84 Å². The Balaban J connectivity index is 2.12. The Morgan fingerprint density at radius 2 is 2.12 bits per heavy atom. The van der Waals surface area contributed by atoms with Crippen LogP contribution in [0.15, 0.2) is 18.2 Å². The minimum absolute atomic E-state index is 0.0860. The summed E-state index contributed by atoms with van der Waals surface area (Å²) in [6.45, 7) is 8.37. The van der Waals surface area contributed by atoms with Crippen LogP contribution in [0.25, 0.3) is 0 Å². The highest BCUT2D eigenvalue weighted by molar-refractivity contribution is 5.36. The van der Waals surface area contributed by atoms with E-state index < -0.39 is 0 Å². The topological polar surface area (TPSA) is 29.5 Å². The third-order valence-electron chi connectivity index (χ3n) is 4.30. The molecule has 0 heterocycles. The lowest BCUT2D eigenvalue weighted by Gasteiger charge is -2.50. The van der Waals surface area contributed by atoms with Crippen molar-refractivity contribution >= 4 is 0 Å². The summed E-state index contributed by atoms with van der Waals surface area (Å²) in [5.74, 6) is 0.951. The summed E-state index contributed by atoms with van der Waals surface area (Å²) in [6.07, 6.45) is 1.62. The third kappa shape index (κ3) is 2.06. The number of aryl methyl sites for hydroxylation is 2. The lowest BCUT2D eigenvalue weighted by molar-refractivity contribution is -0.147. The molecule has 2 nitrogen and oxygen atoms in total. The number of hydrogen-bond acceptors (Lipinski definition) is 2. The van der Waals surface area contributed by atoms with Crippen molar-refractivity contribution in [2.45, 2.75) is 52.7 Å². The van der Waals surface area contributed by atoms with Gasteiger partial charge in [0, 0.05) is 11.8 Å². The van der Waals surface area contributed by atoms with Gasteiger partial charge in [-0.05, 0) is 31.9 Å². The molecule has 0 amide bonds. The quantitative estimate of drug-likeness (QED) is 0.870. The van der Waals surface area contributed by atoms with Crippen LogP contribution < -0.4 is 4.74 Å². The van der Waals surface area contributed by atoms with Gasteiger partial charge >= 0.3 is 0 Å². The maximum atomic E-state index is 9.85. The Morgan fingerprint density at radius 3 is 2.65 bits per heavy atom. The van der Waals surface area contributed by atoms with Crippen LogP contribution in [0.3, 0.4) is 0 Å². The van der Waals surface area contributed by atoms with E-state index in [2.05, 4.69) is 39.8 Å². The first kappa shape index (κ1) is 12.4. The van der Waals surface area contributed by atoms with Gasteiger partial charge in [0.25, 0.3) is 0 Å². The van der Waals surface area contributed by atoms with Crippen molar-refractivity contribution in [1.82, 2.24) is 0 Å². The minimum atomic E-state index is -0.219. The first-order valence-corrected chi connectivity index (χ1v) is 6.39. The molecule has 0 spiro atoms. The van der Waals surface area contributed by atoms with E-state index in [4.69, 9.17) is 4.74 Å². The Kier molecular flexibility index (Phi) is 3.17. The van der Waals surface area contributed by atoms with E-state index in [-0.39, 0.29) is 17.6 Å². The van der Waals surface area contributed by atoms with Crippen LogP contribution >= 0.6 is 0 Å². The van der Waals surface area contributed by atoms with E-state index in [0.717, 1.165) is 18.6 Å². The van der Waals surface area contributed by atoms with Crippen molar-refractivity contribution in [3.05, 3.63) is 29.3 Å². The van der Waals surface area contributed by atoms with Crippen molar-refractivity contribution in [2.75, 3.05) is 0 Å². The van der Waals surface area contributed by atoms with Crippen molar-refractivity contribution in [3.63, 3.8) is 0 Å². The van der Waals surface area contributed by atoms with Crippen LogP contribution in [0.4, 0.5) is 0 Å². The zero-order chi connectivity index (χ0) is 12.6. The van der Waals surface area contributed by atoms with Crippen LogP contribution in [0.1, 0.15) is 37.8 Å². The number of aliphatic hydroxyl groups is 1. The molecule has 3 atom stereocenters. The Labute approximate surface area is 104 Å². The highest BCUT2D eigenvalue weighted by Crippen LogP contribution is 2.46. The van der Waals surface area contributed by atoms with E-state index >= 15 is 0 Å². The monoisotopic (exact) mass is 234 g/mol. The van der Waals surface area contributed by atoms with Gasteiger partial charge < -0.3 is 9.84 Å². The summed E-state index contributed by atoms with van der Waals surface area (Å²) in [5, 5.41) is 9.85. The second-order valence-electron chi connectivity index (χ2n) is 5.49. The van der Waals surface area contributed by atoms with Gasteiger partial charge in [0.1, 0.15) is 11.9 Å². The normalized spacial score (nSPS) is 32.1. The Morgan fingerprint density at radius 1 is 1.41 bits per heavy atom. The van der Waals surface area contributed by atoms with Crippen LogP contribution in [0, 0.1) is 19.3 Å². The molecule has 2 rings (SSSR count). The summed E-state index contributed by atoms with van der Waals surface area (Å²) >= 11 is 0. The summed E-state index contributed by atoms with van der Waals surface area (Å²) in [6, 6.07) is 6.24. The number of aliphatic hydroxyl groups excluding tert-OH is 1. The van der Waals surface area contributed by atoms with E-state index in [9.17, 15) is 5.11 Å². The molecule has 94 valence electrons. The molecule has 1 aliphatic carbocycles. The van der Waals surface area contributed by atoms with Crippen molar-refractivity contribution in [3.8, 4) is 5.75 Å². The third-order valence-corrected chi connectivity index (χ3v) is 4.30. The molecule has 0 aliphatic heterocycles. The van der Waals surface area contributed by atoms with Gasteiger partial charge in [-0.25, -0.2) is 0 Å². The molecule has 0 saturated heterocycles. The average molecular weight is 234 g/mol. The predicted octanol–water partition coefficient (Wildman–Crippen LogP) is 3.23. The van der Waals surface area contributed by atoms with Crippen molar-refractivity contribution in [2.24, 2.45) is 5.41 Å². The molecule has 3 unspecified atom stereocenters. The van der Waals surface area contributed by atoms with Crippen LogP contribution in [0.2, 0.25) is 0 Å². The smallest absolute Gasteiger partial charge is 0.122 e. The molecule has 0 aromatic heterocycles. The van der Waals surface area contributed by atoms with Gasteiger partial charge in [-0.2, -0.15) is 0 Å². The maximum absolute atomic E-state index is 9.85. The first-order valence-electron chi connectivity index (χ1n) is 6.39. The summed E-state index contributed by atoms with van der Waals surface area (Å²) in [4.78, 5) is 0. The minimum Gasteiger partial charge on any atom is -0.489 e. The molecule has 1 aromatic rings. The molecule has 0 bridgehead atoms. The van der Waals surface area contributed by atoms with Gasteiger partial charge in [0.05, 0.1) is 6.10 Å². The molecule has 1 saturated carbocycles. The van der Waals surface area contributed by atoms with Crippen LogP contribution in [-0.2, 0) is 0 Å². The molecule has 1 N–H and O–H groups in total. The lowest BCUT2D eigenvalue weighted by Crippen LogP contribution is -2.57. The lowest BCUT2D eigenvalue weighted by atomic mass is 9.63.